The van der Waals surface area contributed by atoms with Gasteiger partial charge >= 0.3 is 0 Å². The molecular formula is C28H34FN7O. The van der Waals surface area contributed by atoms with Gasteiger partial charge in [-0.2, -0.15) is 0 Å². The summed E-state index contributed by atoms with van der Waals surface area (Å²) in [5.41, 5.74) is 10.7. The lowest BCUT2D eigenvalue weighted by atomic mass is 10.0. The van der Waals surface area contributed by atoms with E-state index in [9.17, 15) is 9.18 Å². The standard InChI is InChI=1S/C28H34FN7O/c1-16-11-20(30)13-23(26(16)29)17(2)32-27-24-14-21(7-8-25(24)33-18(3)34-27)36(6)22-12-19(9-10-35(4)5)28(37)31-15-22/h7-8,11-15,17H,9-10,30H2,1-6H3,(H,31,37)(H,32,33,34)/t17-/m1/s1. The van der Waals surface area contributed by atoms with Crippen LogP contribution in [0.25, 0.3) is 10.9 Å². The molecule has 2 aromatic heterocycles. The van der Waals surface area contributed by atoms with Gasteiger partial charge in [0.05, 0.1) is 17.2 Å². The number of nitrogen functional groups attached to an aromatic ring is 1. The van der Waals surface area contributed by atoms with Gasteiger partial charge in [0.25, 0.3) is 5.56 Å². The number of fused-ring (bicyclic) bond motifs is 1. The SMILES string of the molecule is Cc1nc(N[C@H](C)c2cc(N)cc(C)c2F)c2cc(N(C)c3c[nH]c(=O)c(CCN(C)C)c3)ccc2n1. The summed E-state index contributed by atoms with van der Waals surface area (Å²) in [4.78, 5) is 28.5. The van der Waals surface area contributed by atoms with Crippen LogP contribution in [0.15, 0.2) is 47.4 Å². The number of aromatic amines is 1. The Bertz CT molecular complexity index is 1500. The summed E-state index contributed by atoms with van der Waals surface area (Å²) in [6, 6.07) is 10.7. The van der Waals surface area contributed by atoms with Gasteiger partial charge in [-0.1, -0.05) is 0 Å². The van der Waals surface area contributed by atoms with E-state index in [2.05, 4.69) is 20.3 Å². The fourth-order valence-electron chi connectivity index (χ4n) is 4.37. The summed E-state index contributed by atoms with van der Waals surface area (Å²) in [5.74, 6) is 0.935. The van der Waals surface area contributed by atoms with Crippen molar-refractivity contribution in [1.82, 2.24) is 19.9 Å². The summed E-state index contributed by atoms with van der Waals surface area (Å²) < 4.78 is 14.9. The average Bonchev–Trinajstić information content (AvgIpc) is 2.84. The molecule has 0 unspecified atom stereocenters. The molecule has 2 heterocycles. The molecule has 194 valence electrons. The molecule has 0 bridgehead atoms. The number of hydrogen-bond donors (Lipinski definition) is 3. The van der Waals surface area contributed by atoms with Crippen LogP contribution in [0.4, 0.5) is 27.3 Å². The van der Waals surface area contributed by atoms with Crippen molar-refractivity contribution in [2.45, 2.75) is 33.2 Å². The van der Waals surface area contributed by atoms with E-state index in [0.717, 1.165) is 34.4 Å². The number of aromatic nitrogens is 3. The third-order valence-corrected chi connectivity index (χ3v) is 6.48. The van der Waals surface area contributed by atoms with Gasteiger partial charge in [-0.15, -0.1) is 0 Å². The van der Waals surface area contributed by atoms with Crippen LogP contribution in [0.1, 0.15) is 35.5 Å². The Kier molecular flexibility index (Phi) is 7.45. The van der Waals surface area contributed by atoms with E-state index < -0.39 is 0 Å². The Balaban J connectivity index is 1.70. The van der Waals surface area contributed by atoms with Crippen LogP contribution in [-0.4, -0.2) is 47.5 Å². The Labute approximate surface area is 216 Å². The molecule has 4 N–H and O–H groups in total. The highest BCUT2D eigenvalue weighted by molar-refractivity contribution is 5.92. The maximum absolute atomic E-state index is 14.9. The highest BCUT2D eigenvalue weighted by Gasteiger charge is 2.17. The molecule has 9 heteroatoms. The average molecular weight is 504 g/mol. The zero-order chi connectivity index (χ0) is 26.9. The predicted molar refractivity (Wildman–Crippen MR) is 149 cm³/mol. The van der Waals surface area contributed by atoms with Gasteiger partial charge in [-0.25, -0.2) is 14.4 Å². The van der Waals surface area contributed by atoms with Gasteiger partial charge in [0.1, 0.15) is 17.5 Å². The highest BCUT2D eigenvalue weighted by Crippen LogP contribution is 2.32. The third kappa shape index (κ3) is 5.72. The van der Waals surface area contributed by atoms with Crippen LogP contribution < -0.4 is 21.5 Å². The van der Waals surface area contributed by atoms with E-state index in [1.165, 1.54) is 0 Å². The van der Waals surface area contributed by atoms with Crippen LogP contribution in [0.3, 0.4) is 0 Å². The Morgan fingerprint density at radius 1 is 1.08 bits per heavy atom. The fourth-order valence-corrected chi connectivity index (χ4v) is 4.37. The first kappa shape index (κ1) is 26.1. The number of pyridine rings is 1. The normalized spacial score (nSPS) is 12.2. The molecule has 4 aromatic rings. The van der Waals surface area contributed by atoms with Crippen LogP contribution in [-0.2, 0) is 6.42 Å². The van der Waals surface area contributed by atoms with E-state index in [1.807, 2.05) is 69.1 Å². The van der Waals surface area contributed by atoms with Crippen molar-refractivity contribution < 1.29 is 4.39 Å². The second-order valence-corrected chi connectivity index (χ2v) is 9.75. The van der Waals surface area contributed by atoms with Crippen molar-refractivity contribution in [3.05, 3.63) is 81.3 Å². The zero-order valence-electron chi connectivity index (χ0n) is 22.2. The van der Waals surface area contributed by atoms with E-state index in [4.69, 9.17) is 5.73 Å². The largest absolute Gasteiger partial charge is 0.399 e. The lowest BCUT2D eigenvalue weighted by Crippen LogP contribution is -2.21. The van der Waals surface area contributed by atoms with E-state index in [1.54, 1.807) is 25.3 Å². The predicted octanol–water partition coefficient (Wildman–Crippen LogP) is 4.70. The molecule has 0 aliphatic rings. The maximum atomic E-state index is 14.9. The first-order valence-electron chi connectivity index (χ1n) is 12.2. The van der Waals surface area contributed by atoms with Crippen LogP contribution in [0.5, 0.6) is 0 Å². The number of H-pyrrole nitrogens is 1. The molecule has 0 amide bonds. The molecule has 8 nitrogen and oxygen atoms in total. The molecule has 0 spiro atoms. The first-order valence-corrected chi connectivity index (χ1v) is 12.2. The number of halogens is 1. The molecule has 2 aromatic carbocycles. The summed E-state index contributed by atoms with van der Waals surface area (Å²) in [6.07, 6.45) is 2.37. The lowest BCUT2D eigenvalue weighted by molar-refractivity contribution is 0.413. The molecule has 0 fully saturated rings. The fraction of sp³-hybridized carbons (Fsp3) is 0.321. The smallest absolute Gasteiger partial charge is 0.251 e. The minimum atomic E-state index is -0.375. The molecule has 0 aliphatic carbocycles. The van der Waals surface area contributed by atoms with Crippen molar-refractivity contribution in [3.8, 4) is 0 Å². The maximum Gasteiger partial charge on any atom is 0.251 e. The van der Waals surface area contributed by atoms with Crippen LogP contribution in [0, 0.1) is 19.7 Å². The number of likely N-dealkylation sites (N-methyl/N-ethyl adjacent to an activating group) is 1. The Hall–Kier alpha value is -3.98. The van der Waals surface area contributed by atoms with E-state index >= 15 is 0 Å². The molecule has 1 atom stereocenters. The van der Waals surface area contributed by atoms with Gasteiger partial charge in [0.2, 0.25) is 0 Å². The second kappa shape index (κ2) is 10.6. The number of rotatable bonds is 8. The van der Waals surface area contributed by atoms with Gasteiger partial charge in [-0.3, -0.25) is 4.79 Å². The van der Waals surface area contributed by atoms with Crippen LogP contribution >= 0.6 is 0 Å². The number of benzene rings is 2. The van der Waals surface area contributed by atoms with E-state index in [-0.39, 0.29) is 17.4 Å². The van der Waals surface area contributed by atoms with Crippen molar-refractivity contribution in [3.63, 3.8) is 0 Å². The van der Waals surface area contributed by atoms with Crippen LogP contribution in [0.2, 0.25) is 0 Å². The Morgan fingerprint density at radius 2 is 1.84 bits per heavy atom. The monoisotopic (exact) mass is 503 g/mol. The number of anilines is 4. The minimum absolute atomic E-state index is 0.0779. The minimum Gasteiger partial charge on any atom is -0.399 e. The second-order valence-electron chi connectivity index (χ2n) is 9.75. The molecular weight excluding hydrogens is 469 g/mol. The molecule has 0 radical (unpaired) electrons. The van der Waals surface area contributed by atoms with Gasteiger partial charge in [-0.05, 0) is 83.2 Å². The molecule has 4 rings (SSSR count). The molecule has 37 heavy (non-hydrogen) atoms. The van der Waals surface area contributed by atoms with Gasteiger partial charge < -0.3 is 25.8 Å². The summed E-state index contributed by atoms with van der Waals surface area (Å²) in [6.45, 7) is 6.20. The topological polar surface area (TPSA) is 103 Å². The summed E-state index contributed by atoms with van der Waals surface area (Å²) >= 11 is 0. The van der Waals surface area contributed by atoms with Crippen molar-refractivity contribution in [2.24, 2.45) is 0 Å². The third-order valence-electron chi connectivity index (χ3n) is 6.48. The van der Waals surface area contributed by atoms with E-state index in [0.29, 0.717) is 34.9 Å². The first-order chi connectivity index (χ1) is 17.5. The number of hydrogen-bond acceptors (Lipinski definition) is 7. The summed E-state index contributed by atoms with van der Waals surface area (Å²) in [7, 11) is 5.91. The lowest BCUT2D eigenvalue weighted by Gasteiger charge is -2.22. The molecule has 0 aliphatic heterocycles. The quantitative estimate of drug-likeness (QED) is 0.300. The summed E-state index contributed by atoms with van der Waals surface area (Å²) in [5, 5.41) is 4.18. The Morgan fingerprint density at radius 3 is 2.57 bits per heavy atom. The van der Waals surface area contributed by atoms with Crippen molar-refractivity contribution in [2.75, 3.05) is 43.6 Å². The zero-order valence-corrected chi connectivity index (χ0v) is 22.2. The van der Waals surface area contributed by atoms with Crippen molar-refractivity contribution >= 4 is 33.8 Å². The highest BCUT2D eigenvalue weighted by atomic mass is 19.1. The number of nitrogens with one attached hydrogen (secondary N) is 2. The number of aryl methyl sites for hydroxylation is 2. The van der Waals surface area contributed by atoms with Gasteiger partial charge in [0.15, 0.2) is 0 Å². The number of nitrogens with zero attached hydrogens (tertiary/aromatic N) is 4. The molecule has 0 saturated carbocycles. The number of nitrogens with two attached hydrogens (primary N) is 1. The van der Waals surface area contributed by atoms with Gasteiger partial charge in [0, 0.05) is 47.7 Å². The molecule has 0 saturated heterocycles. The van der Waals surface area contributed by atoms with Crippen molar-refractivity contribution in [1.29, 1.82) is 0 Å².